The van der Waals surface area contributed by atoms with Gasteiger partial charge in [0.2, 0.25) is 17.7 Å². The standard InChI is InChI=1S/C37H50N4O5/c1-45-32-12-9-28(10-13-32)11-14-34(42)40-37(19-5-6-20-37)36(44)39-33(25-29-7-3-2-4-8-29)35(43)38-26-30-15-21-41(22-16-30)27-31-17-23-46-24-18-31/h2-4,7-14,30-31,33H,5-6,15-27H2,1H3,(H,38,43)(H,39,44)(H,40,42)/b14-11+/t33-/m1/s1. The van der Waals surface area contributed by atoms with E-state index in [0.717, 1.165) is 94.2 Å². The number of hydrogen-bond acceptors (Lipinski definition) is 6. The average Bonchev–Trinajstić information content (AvgIpc) is 3.57. The first-order valence-corrected chi connectivity index (χ1v) is 17.0. The summed E-state index contributed by atoms with van der Waals surface area (Å²) in [4.78, 5) is 43.1. The first-order valence-electron chi connectivity index (χ1n) is 17.0. The number of piperidine rings is 1. The molecule has 9 nitrogen and oxygen atoms in total. The highest BCUT2D eigenvalue weighted by atomic mass is 16.5. The number of amides is 3. The van der Waals surface area contributed by atoms with Crippen LogP contribution in [0, 0.1) is 11.8 Å². The lowest BCUT2D eigenvalue weighted by atomic mass is 9.93. The Morgan fingerprint density at radius 1 is 0.957 bits per heavy atom. The molecular weight excluding hydrogens is 580 g/mol. The van der Waals surface area contributed by atoms with E-state index in [0.29, 0.717) is 31.7 Å². The topological polar surface area (TPSA) is 109 Å². The Morgan fingerprint density at radius 3 is 2.33 bits per heavy atom. The van der Waals surface area contributed by atoms with Gasteiger partial charge >= 0.3 is 0 Å². The van der Waals surface area contributed by atoms with Gasteiger partial charge in [0.1, 0.15) is 17.3 Å². The number of ether oxygens (including phenoxy) is 2. The summed E-state index contributed by atoms with van der Waals surface area (Å²) in [5.74, 6) is 1.07. The van der Waals surface area contributed by atoms with Crippen molar-refractivity contribution in [2.75, 3.05) is 46.5 Å². The van der Waals surface area contributed by atoms with Crippen LogP contribution in [0.1, 0.15) is 62.5 Å². The molecule has 0 bridgehead atoms. The van der Waals surface area contributed by atoms with Crippen LogP contribution in [0.25, 0.3) is 6.08 Å². The van der Waals surface area contributed by atoms with E-state index >= 15 is 0 Å². The van der Waals surface area contributed by atoms with Crippen LogP contribution in [0.4, 0.5) is 0 Å². The molecule has 0 aromatic heterocycles. The summed E-state index contributed by atoms with van der Waals surface area (Å²) in [6, 6.07) is 16.4. The fraction of sp³-hybridized carbons (Fsp3) is 0.541. The van der Waals surface area contributed by atoms with Crippen molar-refractivity contribution in [3.8, 4) is 5.75 Å². The van der Waals surface area contributed by atoms with Gasteiger partial charge < -0.3 is 30.3 Å². The zero-order chi connectivity index (χ0) is 32.2. The minimum absolute atomic E-state index is 0.180. The quantitative estimate of drug-likeness (QED) is 0.288. The molecular formula is C37H50N4O5. The van der Waals surface area contributed by atoms with Gasteiger partial charge in [0, 0.05) is 38.8 Å². The molecule has 1 atom stereocenters. The molecule has 1 aliphatic carbocycles. The summed E-state index contributed by atoms with van der Waals surface area (Å²) < 4.78 is 10.7. The second kappa shape index (κ2) is 16.7. The van der Waals surface area contributed by atoms with Gasteiger partial charge in [0.25, 0.3) is 0 Å². The summed E-state index contributed by atoms with van der Waals surface area (Å²) in [6.07, 6.45) is 10.7. The van der Waals surface area contributed by atoms with E-state index in [1.54, 1.807) is 13.2 Å². The van der Waals surface area contributed by atoms with E-state index in [1.165, 1.54) is 6.08 Å². The van der Waals surface area contributed by atoms with Crippen molar-refractivity contribution in [1.82, 2.24) is 20.9 Å². The third-order valence-corrected chi connectivity index (χ3v) is 9.83. The Kier molecular flexibility index (Phi) is 12.3. The molecule has 46 heavy (non-hydrogen) atoms. The molecule has 0 unspecified atom stereocenters. The van der Waals surface area contributed by atoms with Gasteiger partial charge in [-0.1, -0.05) is 55.3 Å². The highest BCUT2D eigenvalue weighted by Crippen LogP contribution is 2.30. The van der Waals surface area contributed by atoms with Gasteiger partial charge in [0.15, 0.2) is 0 Å². The highest BCUT2D eigenvalue weighted by Gasteiger charge is 2.43. The first-order chi connectivity index (χ1) is 22.4. The molecule has 2 aromatic carbocycles. The number of benzene rings is 2. The molecule has 3 N–H and O–H groups in total. The number of carbonyl (C=O) groups excluding carboxylic acids is 3. The van der Waals surface area contributed by atoms with Gasteiger partial charge in [-0.2, -0.15) is 0 Å². The van der Waals surface area contributed by atoms with Crippen molar-refractivity contribution >= 4 is 23.8 Å². The summed E-state index contributed by atoms with van der Waals surface area (Å²) >= 11 is 0. The molecule has 2 aromatic rings. The minimum Gasteiger partial charge on any atom is -0.497 e. The molecule has 2 saturated heterocycles. The molecule has 2 heterocycles. The number of carbonyl (C=O) groups is 3. The van der Waals surface area contributed by atoms with E-state index < -0.39 is 11.6 Å². The Hall–Kier alpha value is -3.69. The summed E-state index contributed by atoms with van der Waals surface area (Å²) in [5.41, 5.74) is 0.773. The van der Waals surface area contributed by atoms with E-state index in [2.05, 4.69) is 20.9 Å². The van der Waals surface area contributed by atoms with Crippen molar-refractivity contribution in [2.45, 2.75) is 69.4 Å². The van der Waals surface area contributed by atoms with Crippen molar-refractivity contribution in [1.29, 1.82) is 0 Å². The number of likely N-dealkylation sites (tertiary alicyclic amines) is 1. The monoisotopic (exact) mass is 630 g/mol. The van der Waals surface area contributed by atoms with E-state index in [9.17, 15) is 14.4 Å². The third kappa shape index (κ3) is 9.66. The predicted octanol–water partition coefficient (Wildman–Crippen LogP) is 4.12. The van der Waals surface area contributed by atoms with Gasteiger partial charge in [-0.25, -0.2) is 0 Å². The van der Waals surface area contributed by atoms with Crippen molar-refractivity contribution in [3.05, 3.63) is 71.8 Å². The summed E-state index contributed by atoms with van der Waals surface area (Å²) in [6.45, 7) is 5.60. The third-order valence-electron chi connectivity index (χ3n) is 9.83. The van der Waals surface area contributed by atoms with Gasteiger partial charge in [0.05, 0.1) is 7.11 Å². The van der Waals surface area contributed by atoms with Crippen molar-refractivity contribution in [2.24, 2.45) is 11.8 Å². The van der Waals surface area contributed by atoms with Crippen LogP contribution in [0.2, 0.25) is 0 Å². The van der Waals surface area contributed by atoms with Crippen LogP contribution in [-0.4, -0.2) is 80.7 Å². The molecule has 0 spiro atoms. The van der Waals surface area contributed by atoms with Crippen LogP contribution < -0.4 is 20.7 Å². The molecule has 3 aliphatic rings. The maximum absolute atomic E-state index is 13.9. The lowest BCUT2D eigenvalue weighted by Crippen LogP contribution is -2.61. The fourth-order valence-electron chi connectivity index (χ4n) is 6.94. The molecule has 5 rings (SSSR count). The van der Waals surface area contributed by atoms with Crippen LogP contribution in [-0.2, 0) is 25.5 Å². The molecule has 0 radical (unpaired) electrons. The molecule has 2 aliphatic heterocycles. The lowest BCUT2D eigenvalue weighted by molar-refractivity contribution is -0.135. The second-order valence-electron chi connectivity index (χ2n) is 13.1. The largest absolute Gasteiger partial charge is 0.497 e. The van der Waals surface area contributed by atoms with Crippen LogP contribution >= 0.6 is 0 Å². The normalized spacial score (nSPS) is 19.8. The summed E-state index contributed by atoms with van der Waals surface area (Å²) in [5, 5.41) is 9.23. The van der Waals surface area contributed by atoms with Gasteiger partial charge in [-0.05, 0) is 92.8 Å². The maximum Gasteiger partial charge on any atom is 0.246 e. The Morgan fingerprint density at radius 2 is 1.65 bits per heavy atom. The average molecular weight is 631 g/mol. The minimum atomic E-state index is -1.05. The van der Waals surface area contributed by atoms with Crippen molar-refractivity contribution < 1.29 is 23.9 Å². The van der Waals surface area contributed by atoms with Crippen LogP contribution in [0.5, 0.6) is 5.75 Å². The first kappa shape index (κ1) is 33.7. The van der Waals surface area contributed by atoms with E-state index in [1.807, 2.05) is 54.6 Å². The number of rotatable bonds is 13. The fourth-order valence-corrected chi connectivity index (χ4v) is 6.94. The van der Waals surface area contributed by atoms with Gasteiger partial charge in [-0.15, -0.1) is 0 Å². The Labute approximate surface area is 273 Å². The molecule has 3 amide bonds. The molecule has 9 heteroatoms. The lowest BCUT2D eigenvalue weighted by Gasteiger charge is -2.35. The Balaban J connectivity index is 1.17. The smallest absolute Gasteiger partial charge is 0.246 e. The maximum atomic E-state index is 13.9. The van der Waals surface area contributed by atoms with E-state index in [-0.39, 0.29) is 17.7 Å². The molecule has 1 saturated carbocycles. The van der Waals surface area contributed by atoms with E-state index in [4.69, 9.17) is 9.47 Å². The zero-order valence-electron chi connectivity index (χ0n) is 27.2. The molecule has 248 valence electrons. The van der Waals surface area contributed by atoms with Crippen molar-refractivity contribution in [3.63, 3.8) is 0 Å². The number of nitrogens with one attached hydrogen (secondary N) is 3. The van der Waals surface area contributed by atoms with Gasteiger partial charge in [-0.3, -0.25) is 14.4 Å². The SMILES string of the molecule is COc1ccc(/C=C/C(=O)NC2(C(=O)N[C@H](Cc3ccccc3)C(=O)NCC3CCN(CC4CCOCC4)CC3)CCCC2)cc1. The number of nitrogens with zero attached hydrogens (tertiary/aromatic N) is 1. The summed E-state index contributed by atoms with van der Waals surface area (Å²) in [7, 11) is 1.61. The van der Waals surface area contributed by atoms with Crippen LogP contribution in [0.15, 0.2) is 60.7 Å². The zero-order valence-corrected chi connectivity index (χ0v) is 27.2. The predicted molar refractivity (Wildman–Crippen MR) is 179 cm³/mol. The number of methoxy groups -OCH3 is 1. The second-order valence-corrected chi connectivity index (χ2v) is 13.1. The number of hydrogen-bond donors (Lipinski definition) is 3. The molecule has 3 fully saturated rings. The Bertz CT molecular complexity index is 1290. The van der Waals surface area contributed by atoms with Crippen LogP contribution in [0.3, 0.4) is 0 Å². The highest BCUT2D eigenvalue weighted by molar-refractivity contribution is 5.99.